The predicted octanol–water partition coefficient (Wildman–Crippen LogP) is 1.24. The van der Waals surface area contributed by atoms with Crippen LogP contribution in [-0.4, -0.2) is 38.6 Å². The molecule has 0 rings (SSSR count). The zero-order chi connectivity index (χ0) is 11.5. The Morgan fingerprint density at radius 1 is 1.53 bits per heavy atom. The van der Waals surface area contributed by atoms with Crippen LogP contribution in [0.1, 0.15) is 13.8 Å². The third-order valence-electron chi connectivity index (χ3n) is 1.33. The lowest BCUT2D eigenvalue weighted by Crippen LogP contribution is -2.16. The van der Waals surface area contributed by atoms with Crippen molar-refractivity contribution in [3.8, 4) is 0 Å². The Hall–Kier alpha value is -1.30. The molecule has 0 saturated heterocycles. The maximum Gasteiger partial charge on any atom is 0.332 e. The van der Waals surface area contributed by atoms with Crippen molar-refractivity contribution in [3.05, 3.63) is 10.4 Å². The van der Waals surface area contributed by atoms with Crippen LogP contribution in [0, 0.1) is 0 Å². The van der Waals surface area contributed by atoms with Gasteiger partial charge in [-0.05, 0) is 19.4 Å². The van der Waals surface area contributed by atoms with Gasteiger partial charge in [-0.2, -0.15) is 0 Å². The summed E-state index contributed by atoms with van der Waals surface area (Å²) in [5.74, 6) is -0.402. The molecule has 0 aromatic rings. The molecule has 7 nitrogen and oxygen atoms in total. The highest BCUT2D eigenvalue weighted by molar-refractivity contribution is 5.70. The molecule has 0 aliphatic heterocycles. The molecular weight excluding hydrogens is 202 g/mol. The first-order valence-corrected chi connectivity index (χ1v) is 4.59. The van der Waals surface area contributed by atoms with Crippen molar-refractivity contribution < 1.29 is 19.0 Å². The van der Waals surface area contributed by atoms with Gasteiger partial charge in [0.15, 0.2) is 0 Å². The van der Waals surface area contributed by atoms with E-state index in [0.29, 0.717) is 6.61 Å². The van der Waals surface area contributed by atoms with E-state index in [1.807, 2.05) is 0 Å². The molecule has 0 radical (unpaired) electrons. The van der Waals surface area contributed by atoms with E-state index in [-0.39, 0.29) is 19.8 Å². The summed E-state index contributed by atoms with van der Waals surface area (Å²) in [5.41, 5.74) is 8.06. The molecule has 86 valence electrons. The average Bonchev–Trinajstić information content (AvgIpc) is 2.18. The highest BCUT2D eigenvalue weighted by Crippen LogP contribution is 1.92. The van der Waals surface area contributed by atoms with E-state index < -0.39 is 12.2 Å². The monoisotopic (exact) mass is 217 g/mol. The molecule has 0 aromatic carbocycles. The average molecular weight is 217 g/mol. The van der Waals surface area contributed by atoms with Gasteiger partial charge in [0.2, 0.25) is 0 Å². The normalized spacial score (nSPS) is 11.6. The highest BCUT2D eigenvalue weighted by atomic mass is 16.6. The minimum Gasteiger partial charge on any atom is -0.464 e. The summed E-state index contributed by atoms with van der Waals surface area (Å²) in [6, 6.07) is 0. The van der Waals surface area contributed by atoms with Gasteiger partial charge in [-0.1, -0.05) is 5.11 Å². The van der Waals surface area contributed by atoms with Gasteiger partial charge >= 0.3 is 5.97 Å². The number of esters is 1. The van der Waals surface area contributed by atoms with Gasteiger partial charge in [0.05, 0.1) is 19.8 Å². The summed E-state index contributed by atoms with van der Waals surface area (Å²) in [6.07, 6.45) is -0.527. The molecule has 0 heterocycles. The van der Waals surface area contributed by atoms with E-state index in [4.69, 9.17) is 15.0 Å². The fraction of sp³-hybridized carbons (Fsp3) is 0.875. The first kappa shape index (κ1) is 13.7. The Balaban J connectivity index is 3.31. The molecule has 0 bridgehead atoms. The van der Waals surface area contributed by atoms with Gasteiger partial charge in [-0.15, -0.1) is 0 Å². The number of carbonyl (C=O) groups excluding carboxylic acids is 1. The first-order chi connectivity index (χ1) is 7.20. The largest absolute Gasteiger partial charge is 0.464 e. The summed E-state index contributed by atoms with van der Waals surface area (Å²) in [6.45, 7) is 4.11. The second-order valence-electron chi connectivity index (χ2n) is 2.53. The second-order valence-corrected chi connectivity index (χ2v) is 2.53. The topological polar surface area (TPSA) is 93.5 Å². The lowest BCUT2D eigenvalue weighted by Gasteiger charge is -2.07. The molecule has 0 N–H and O–H groups in total. The third kappa shape index (κ3) is 9.01. The molecule has 7 heteroatoms. The number of rotatable bonds is 8. The first-order valence-electron chi connectivity index (χ1n) is 4.59. The van der Waals surface area contributed by atoms with Crippen LogP contribution in [-0.2, 0) is 19.0 Å². The van der Waals surface area contributed by atoms with Crippen molar-refractivity contribution in [2.75, 3.05) is 26.4 Å². The summed E-state index contributed by atoms with van der Waals surface area (Å²) >= 11 is 0. The number of carbonyl (C=O) groups is 1. The van der Waals surface area contributed by atoms with E-state index in [1.54, 1.807) is 13.8 Å². The number of hydrogen-bond donors (Lipinski definition) is 0. The van der Waals surface area contributed by atoms with Crippen molar-refractivity contribution in [1.82, 2.24) is 0 Å². The van der Waals surface area contributed by atoms with Gasteiger partial charge in [0.25, 0.3) is 0 Å². The van der Waals surface area contributed by atoms with Crippen LogP contribution in [0.2, 0.25) is 0 Å². The van der Waals surface area contributed by atoms with Crippen LogP contribution in [0.15, 0.2) is 5.11 Å². The minimum absolute atomic E-state index is 0.0902. The van der Waals surface area contributed by atoms with Gasteiger partial charge in [0.1, 0.15) is 12.8 Å². The van der Waals surface area contributed by atoms with Gasteiger partial charge in [-0.3, -0.25) is 0 Å². The molecular formula is C8H15N3O4. The molecule has 0 spiro atoms. The molecule has 0 fully saturated rings. The van der Waals surface area contributed by atoms with Crippen LogP contribution in [0.5, 0.6) is 0 Å². The minimum atomic E-state index is -0.527. The highest BCUT2D eigenvalue weighted by Gasteiger charge is 2.01. The smallest absolute Gasteiger partial charge is 0.332 e. The molecule has 0 amide bonds. The molecule has 0 saturated carbocycles. The Morgan fingerprint density at radius 3 is 2.87 bits per heavy atom. The number of nitrogens with zero attached hydrogens (tertiary/aromatic N) is 3. The van der Waals surface area contributed by atoms with Crippen LogP contribution in [0.3, 0.4) is 0 Å². The van der Waals surface area contributed by atoms with E-state index in [0.717, 1.165) is 0 Å². The summed E-state index contributed by atoms with van der Waals surface area (Å²) in [4.78, 5) is 13.4. The molecule has 0 aliphatic rings. The van der Waals surface area contributed by atoms with Gasteiger partial charge in [0, 0.05) is 4.91 Å². The quantitative estimate of drug-likeness (QED) is 0.201. The lowest BCUT2D eigenvalue weighted by molar-refractivity contribution is -0.149. The second kappa shape index (κ2) is 9.26. The van der Waals surface area contributed by atoms with Gasteiger partial charge in [-0.25, -0.2) is 4.79 Å². The Kier molecular flexibility index (Phi) is 8.46. The van der Waals surface area contributed by atoms with Crippen LogP contribution >= 0.6 is 0 Å². The van der Waals surface area contributed by atoms with Crippen molar-refractivity contribution >= 4 is 5.97 Å². The summed E-state index contributed by atoms with van der Waals surface area (Å²) in [7, 11) is 0. The number of hydrogen-bond acceptors (Lipinski definition) is 5. The maximum atomic E-state index is 10.8. The van der Waals surface area contributed by atoms with Crippen LogP contribution in [0.4, 0.5) is 0 Å². The molecule has 1 unspecified atom stereocenters. The number of azide groups is 1. The predicted molar refractivity (Wildman–Crippen MR) is 52.0 cm³/mol. The molecule has 15 heavy (non-hydrogen) atoms. The zero-order valence-electron chi connectivity index (χ0n) is 8.88. The maximum absolute atomic E-state index is 10.8. The Labute approximate surface area is 87.9 Å². The third-order valence-corrected chi connectivity index (χ3v) is 1.33. The van der Waals surface area contributed by atoms with Crippen LogP contribution < -0.4 is 0 Å². The van der Waals surface area contributed by atoms with E-state index in [9.17, 15) is 4.79 Å². The van der Waals surface area contributed by atoms with E-state index in [1.165, 1.54) is 0 Å². The molecule has 1 atom stereocenters. The van der Waals surface area contributed by atoms with Crippen molar-refractivity contribution in [2.24, 2.45) is 5.11 Å². The number of ether oxygens (including phenoxy) is 3. The standard InChI is InChI=1S/C8H15N3O4/c1-3-14-8(12)6-13-4-5-15-7(2)10-11-9/h7H,3-6H2,1-2H3. The fourth-order valence-electron chi connectivity index (χ4n) is 0.742. The van der Waals surface area contributed by atoms with Gasteiger partial charge < -0.3 is 14.2 Å². The van der Waals surface area contributed by atoms with Crippen molar-refractivity contribution in [1.29, 1.82) is 0 Å². The SMILES string of the molecule is CCOC(=O)COCCOC(C)N=[N+]=[N-]. The Bertz CT molecular complexity index is 228. The summed E-state index contributed by atoms with van der Waals surface area (Å²) in [5, 5.41) is 3.30. The van der Waals surface area contributed by atoms with E-state index >= 15 is 0 Å². The van der Waals surface area contributed by atoms with Crippen molar-refractivity contribution in [2.45, 2.75) is 20.1 Å². The molecule has 0 aromatic heterocycles. The van der Waals surface area contributed by atoms with E-state index in [2.05, 4.69) is 14.8 Å². The lowest BCUT2D eigenvalue weighted by atomic mass is 10.6. The zero-order valence-corrected chi connectivity index (χ0v) is 8.88. The van der Waals surface area contributed by atoms with Crippen LogP contribution in [0.25, 0.3) is 10.4 Å². The Morgan fingerprint density at radius 2 is 2.27 bits per heavy atom. The molecule has 0 aliphatic carbocycles. The van der Waals surface area contributed by atoms with Crippen molar-refractivity contribution in [3.63, 3.8) is 0 Å². The summed E-state index contributed by atoms with van der Waals surface area (Å²) < 4.78 is 14.6. The fourth-order valence-corrected chi connectivity index (χ4v) is 0.742.